The summed E-state index contributed by atoms with van der Waals surface area (Å²) in [6.45, 7) is 4.66. The van der Waals surface area contributed by atoms with Gasteiger partial charge in [0.15, 0.2) is 6.17 Å². The van der Waals surface area contributed by atoms with E-state index >= 15 is 0 Å². The minimum Gasteiger partial charge on any atom is -0.383 e. The number of nitrogens with zero attached hydrogens (tertiary/aromatic N) is 3. The van der Waals surface area contributed by atoms with Gasteiger partial charge in [-0.2, -0.15) is 0 Å². The molecular formula is C42H34N4. The molecule has 0 spiro atoms. The average Bonchev–Trinajstić information content (AvgIpc) is 3.53. The van der Waals surface area contributed by atoms with Gasteiger partial charge in [-0.1, -0.05) is 141 Å². The lowest BCUT2D eigenvalue weighted by atomic mass is 9.82. The Kier molecular flexibility index (Phi) is 6.65. The summed E-state index contributed by atoms with van der Waals surface area (Å²) in [4.78, 5) is 10.1. The molecule has 4 nitrogen and oxygen atoms in total. The normalized spacial score (nSPS) is 14.5. The Balaban J connectivity index is 1.36. The summed E-state index contributed by atoms with van der Waals surface area (Å²) in [5, 5.41) is 2.41. The van der Waals surface area contributed by atoms with Gasteiger partial charge in [0.1, 0.15) is 5.84 Å². The summed E-state index contributed by atoms with van der Waals surface area (Å²) in [5.41, 5.74) is 18.2. The molecule has 8 rings (SSSR count). The predicted octanol–water partition coefficient (Wildman–Crippen LogP) is 9.75. The Morgan fingerprint density at radius 3 is 2.04 bits per heavy atom. The SMILES string of the molecule is CC1(C)c2ccccc2-c2cc3c(cc21)c1ccc(-c2ccccc2)cc1n3C=NC(N=C(N)c1ccccc1)c1ccccc1. The molecule has 1 aliphatic carbocycles. The zero-order valence-corrected chi connectivity index (χ0v) is 25.9. The monoisotopic (exact) mass is 594 g/mol. The van der Waals surface area contributed by atoms with Gasteiger partial charge in [-0.3, -0.25) is 0 Å². The molecule has 1 atom stereocenters. The maximum absolute atomic E-state index is 6.55. The van der Waals surface area contributed by atoms with Gasteiger partial charge in [-0.25, -0.2) is 9.98 Å². The molecule has 0 aliphatic heterocycles. The van der Waals surface area contributed by atoms with Crippen molar-refractivity contribution in [1.82, 2.24) is 4.57 Å². The molecule has 0 fully saturated rings. The number of amidine groups is 1. The third-order valence-corrected chi connectivity index (χ3v) is 9.37. The molecule has 0 saturated carbocycles. The lowest BCUT2D eigenvalue weighted by molar-refractivity contribution is 0.661. The highest BCUT2D eigenvalue weighted by molar-refractivity contribution is 6.14. The summed E-state index contributed by atoms with van der Waals surface area (Å²) in [6.07, 6.45) is 1.43. The van der Waals surface area contributed by atoms with Crippen LogP contribution in [0.5, 0.6) is 0 Å². The Bertz CT molecular complexity index is 2280. The first kappa shape index (κ1) is 27.8. The van der Waals surface area contributed by atoms with E-state index in [1.54, 1.807) is 0 Å². The fraction of sp³-hybridized carbons (Fsp3) is 0.0952. The van der Waals surface area contributed by atoms with Gasteiger partial charge < -0.3 is 10.3 Å². The highest BCUT2D eigenvalue weighted by atomic mass is 15.1. The summed E-state index contributed by atoms with van der Waals surface area (Å²) in [6, 6.07) is 50.8. The van der Waals surface area contributed by atoms with E-state index < -0.39 is 6.17 Å². The smallest absolute Gasteiger partial charge is 0.169 e. The molecule has 6 aromatic carbocycles. The van der Waals surface area contributed by atoms with Gasteiger partial charge in [0.05, 0.1) is 17.4 Å². The lowest BCUT2D eigenvalue weighted by Crippen LogP contribution is -2.15. The van der Waals surface area contributed by atoms with Gasteiger partial charge in [0.25, 0.3) is 0 Å². The number of hydrogen-bond donors (Lipinski definition) is 1. The predicted molar refractivity (Wildman–Crippen MR) is 193 cm³/mol. The van der Waals surface area contributed by atoms with Crippen molar-refractivity contribution in [3.8, 4) is 22.3 Å². The molecule has 1 heterocycles. The molecule has 4 heteroatoms. The van der Waals surface area contributed by atoms with E-state index in [4.69, 9.17) is 15.7 Å². The van der Waals surface area contributed by atoms with Gasteiger partial charge in [0, 0.05) is 21.8 Å². The zero-order valence-electron chi connectivity index (χ0n) is 25.9. The second-order valence-electron chi connectivity index (χ2n) is 12.5. The number of fused-ring (bicyclic) bond motifs is 6. The molecular weight excluding hydrogens is 560 g/mol. The molecule has 0 bridgehead atoms. The van der Waals surface area contributed by atoms with Crippen LogP contribution in [-0.2, 0) is 5.41 Å². The van der Waals surface area contributed by atoms with E-state index in [2.05, 4.69) is 115 Å². The summed E-state index contributed by atoms with van der Waals surface area (Å²) in [5.74, 6) is 0.455. The average molecular weight is 595 g/mol. The largest absolute Gasteiger partial charge is 0.383 e. The third-order valence-electron chi connectivity index (χ3n) is 9.37. The van der Waals surface area contributed by atoms with Crippen molar-refractivity contribution in [2.75, 3.05) is 0 Å². The highest BCUT2D eigenvalue weighted by Gasteiger charge is 2.36. The van der Waals surface area contributed by atoms with Crippen LogP contribution in [-0.4, -0.2) is 16.7 Å². The molecule has 7 aromatic rings. The first-order valence-electron chi connectivity index (χ1n) is 15.7. The van der Waals surface area contributed by atoms with Crippen molar-refractivity contribution in [3.05, 3.63) is 168 Å². The highest BCUT2D eigenvalue weighted by Crippen LogP contribution is 2.50. The van der Waals surface area contributed by atoms with Crippen molar-refractivity contribution in [3.63, 3.8) is 0 Å². The second kappa shape index (κ2) is 11.0. The second-order valence-corrected chi connectivity index (χ2v) is 12.5. The molecule has 1 aliphatic rings. The van der Waals surface area contributed by atoms with E-state index in [1.165, 1.54) is 38.6 Å². The standard InChI is InChI=1S/C42H34N4/c1-42(2)36-21-13-12-20-32(36)34-26-39-35(25-37(34)42)33-23-22-31(28-14-6-3-7-15-28)24-38(33)46(39)27-44-41(30-18-10-5-11-19-30)45-40(43)29-16-8-4-9-17-29/h3-27,41H,1-2H3,(H2,43,45). The van der Waals surface area contributed by atoms with Crippen molar-refractivity contribution >= 4 is 34.0 Å². The molecule has 0 amide bonds. The number of aliphatic imine (C=N–C) groups is 2. The van der Waals surface area contributed by atoms with Crippen LogP contribution in [0.3, 0.4) is 0 Å². The van der Waals surface area contributed by atoms with Crippen molar-refractivity contribution in [1.29, 1.82) is 0 Å². The number of aromatic nitrogens is 1. The summed E-state index contributed by atoms with van der Waals surface area (Å²) >= 11 is 0. The molecule has 222 valence electrons. The number of rotatable bonds is 6. The molecule has 46 heavy (non-hydrogen) atoms. The number of hydrogen-bond acceptors (Lipinski definition) is 2. The number of benzene rings is 6. The van der Waals surface area contributed by atoms with Crippen molar-refractivity contribution in [2.24, 2.45) is 15.7 Å². The molecule has 1 aromatic heterocycles. The Morgan fingerprint density at radius 2 is 1.28 bits per heavy atom. The van der Waals surface area contributed by atoms with Crippen LogP contribution in [0.25, 0.3) is 44.1 Å². The first-order chi connectivity index (χ1) is 22.5. The minimum absolute atomic E-state index is 0.0886. The van der Waals surface area contributed by atoms with Gasteiger partial charge in [-0.05, 0) is 57.1 Å². The van der Waals surface area contributed by atoms with Gasteiger partial charge in [0.2, 0.25) is 0 Å². The van der Waals surface area contributed by atoms with E-state index in [0.717, 1.165) is 27.7 Å². The Morgan fingerprint density at radius 1 is 0.630 bits per heavy atom. The van der Waals surface area contributed by atoms with Crippen LogP contribution in [0.1, 0.15) is 42.3 Å². The Labute approximate surface area is 269 Å². The van der Waals surface area contributed by atoms with Crippen LogP contribution in [0.15, 0.2) is 156 Å². The van der Waals surface area contributed by atoms with Crippen LogP contribution in [0.4, 0.5) is 0 Å². The van der Waals surface area contributed by atoms with Gasteiger partial charge >= 0.3 is 0 Å². The van der Waals surface area contributed by atoms with Crippen LogP contribution in [0.2, 0.25) is 0 Å². The van der Waals surface area contributed by atoms with Crippen molar-refractivity contribution in [2.45, 2.75) is 25.4 Å². The Hall–Kier alpha value is -5.74. The van der Waals surface area contributed by atoms with E-state index in [0.29, 0.717) is 5.84 Å². The van der Waals surface area contributed by atoms with E-state index in [-0.39, 0.29) is 5.41 Å². The zero-order chi connectivity index (χ0) is 31.3. The summed E-state index contributed by atoms with van der Waals surface area (Å²) < 4.78 is 2.23. The lowest BCUT2D eigenvalue weighted by Gasteiger charge is -2.21. The van der Waals surface area contributed by atoms with E-state index in [9.17, 15) is 0 Å². The maximum atomic E-state index is 6.55. The molecule has 2 N–H and O–H groups in total. The van der Waals surface area contributed by atoms with Crippen molar-refractivity contribution < 1.29 is 0 Å². The fourth-order valence-corrected chi connectivity index (χ4v) is 6.94. The third kappa shape index (κ3) is 4.62. The minimum atomic E-state index is -0.514. The quantitative estimate of drug-likeness (QED) is 0.151. The number of nitrogens with two attached hydrogens (primary N) is 1. The summed E-state index contributed by atoms with van der Waals surface area (Å²) in [7, 11) is 0. The van der Waals surface area contributed by atoms with Gasteiger partial charge in [-0.15, -0.1) is 0 Å². The maximum Gasteiger partial charge on any atom is 0.169 e. The van der Waals surface area contributed by atoms with Crippen LogP contribution >= 0.6 is 0 Å². The molecule has 0 saturated heterocycles. The topological polar surface area (TPSA) is 55.7 Å². The van der Waals surface area contributed by atoms with E-state index in [1.807, 2.05) is 54.9 Å². The van der Waals surface area contributed by atoms with Crippen LogP contribution < -0.4 is 5.73 Å². The fourth-order valence-electron chi connectivity index (χ4n) is 6.94. The van der Waals surface area contributed by atoms with Crippen LogP contribution in [0, 0.1) is 0 Å². The first-order valence-corrected chi connectivity index (χ1v) is 15.7. The molecule has 1 unspecified atom stereocenters. The molecule has 0 radical (unpaired) electrons.